The van der Waals surface area contributed by atoms with Crippen molar-refractivity contribution in [2.75, 3.05) is 32.7 Å². The second-order valence-electron chi connectivity index (χ2n) is 9.00. The smallest absolute Gasteiger partial charge is 0.245 e. The van der Waals surface area contributed by atoms with Crippen LogP contribution < -0.4 is 10.6 Å². The highest BCUT2D eigenvalue weighted by molar-refractivity contribution is 5.88. The lowest BCUT2D eigenvalue weighted by Gasteiger charge is -2.36. The molecule has 8 heteroatoms. The molecule has 0 radical (unpaired) electrons. The van der Waals surface area contributed by atoms with Gasteiger partial charge in [-0.3, -0.25) is 19.3 Å². The summed E-state index contributed by atoms with van der Waals surface area (Å²) < 4.78 is 13.2. The van der Waals surface area contributed by atoms with Gasteiger partial charge in [0.25, 0.3) is 0 Å². The molecule has 1 saturated heterocycles. The van der Waals surface area contributed by atoms with Crippen LogP contribution in [0.15, 0.2) is 67.3 Å². The molecule has 0 aromatic heterocycles. The van der Waals surface area contributed by atoms with Crippen molar-refractivity contribution in [2.24, 2.45) is 0 Å². The highest BCUT2D eigenvalue weighted by atomic mass is 19.1. The minimum absolute atomic E-state index is 0.0760. The molecule has 3 amide bonds. The second-order valence-corrected chi connectivity index (χ2v) is 9.00. The fourth-order valence-corrected chi connectivity index (χ4v) is 4.24. The number of piperazine rings is 1. The predicted octanol–water partition coefficient (Wildman–Crippen LogP) is 2.67. The van der Waals surface area contributed by atoms with Gasteiger partial charge in [-0.1, -0.05) is 49.0 Å². The Labute approximate surface area is 212 Å². The van der Waals surface area contributed by atoms with Crippen LogP contribution in [0.2, 0.25) is 0 Å². The van der Waals surface area contributed by atoms with Crippen molar-refractivity contribution in [3.05, 3.63) is 84.2 Å². The predicted molar refractivity (Wildman–Crippen MR) is 137 cm³/mol. The van der Waals surface area contributed by atoms with Crippen LogP contribution in [0, 0.1) is 5.82 Å². The molecule has 36 heavy (non-hydrogen) atoms. The Balaban J connectivity index is 1.53. The molecule has 2 N–H and O–H groups in total. The monoisotopic (exact) mass is 494 g/mol. The molecule has 3 rings (SSSR count). The molecule has 0 unspecified atom stereocenters. The van der Waals surface area contributed by atoms with Gasteiger partial charge in [-0.05, 0) is 48.6 Å². The zero-order valence-corrected chi connectivity index (χ0v) is 20.6. The van der Waals surface area contributed by atoms with E-state index in [4.69, 9.17) is 0 Å². The first-order chi connectivity index (χ1) is 17.4. The molecule has 0 bridgehead atoms. The van der Waals surface area contributed by atoms with Crippen molar-refractivity contribution in [3.8, 4) is 0 Å². The topological polar surface area (TPSA) is 81.8 Å². The van der Waals surface area contributed by atoms with E-state index >= 15 is 0 Å². The van der Waals surface area contributed by atoms with Crippen molar-refractivity contribution in [1.82, 2.24) is 20.4 Å². The lowest BCUT2D eigenvalue weighted by Crippen LogP contribution is -2.55. The van der Waals surface area contributed by atoms with Gasteiger partial charge in [0.2, 0.25) is 17.7 Å². The number of unbranched alkanes of at least 4 members (excludes halogenated alkanes) is 1. The summed E-state index contributed by atoms with van der Waals surface area (Å²) in [6.45, 7) is 7.19. The quantitative estimate of drug-likeness (QED) is 0.351. The van der Waals surface area contributed by atoms with Crippen molar-refractivity contribution in [3.63, 3.8) is 0 Å². The van der Waals surface area contributed by atoms with Crippen LogP contribution in [-0.2, 0) is 27.3 Å². The molecule has 7 nitrogen and oxygen atoms in total. The van der Waals surface area contributed by atoms with Crippen molar-refractivity contribution < 1.29 is 18.8 Å². The van der Waals surface area contributed by atoms with Crippen molar-refractivity contribution >= 4 is 17.7 Å². The van der Waals surface area contributed by atoms with Crippen LogP contribution in [-0.4, -0.2) is 66.3 Å². The number of nitrogens with one attached hydrogen (secondary N) is 2. The van der Waals surface area contributed by atoms with E-state index in [9.17, 15) is 18.8 Å². The van der Waals surface area contributed by atoms with Crippen LogP contribution in [0.4, 0.5) is 4.39 Å². The first kappa shape index (κ1) is 27.1. The van der Waals surface area contributed by atoms with Crippen molar-refractivity contribution in [1.29, 1.82) is 0 Å². The third-order valence-electron chi connectivity index (χ3n) is 6.25. The average molecular weight is 495 g/mol. The normalized spacial score (nSPS) is 14.6. The molecule has 1 heterocycles. The van der Waals surface area contributed by atoms with Gasteiger partial charge < -0.3 is 15.5 Å². The number of amides is 3. The van der Waals surface area contributed by atoms with Crippen LogP contribution in [0.1, 0.15) is 30.4 Å². The number of hydrogen-bond donors (Lipinski definition) is 2. The summed E-state index contributed by atoms with van der Waals surface area (Å²) >= 11 is 0. The maximum Gasteiger partial charge on any atom is 0.245 e. The lowest BCUT2D eigenvalue weighted by atomic mass is 10.1. The molecule has 192 valence electrons. The molecule has 1 aliphatic heterocycles. The first-order valence-electron chi connectivity index (χ1n) is 12.4. The molecular formula is C28H35FN4O3. The number of hydrogen-bond acceptors (Lipinski definition) is 4. The summed E-state index contributed by atoms with van der Waals surface area (Å²) in [5.41, 5.74) is 1.92. The number of carbonyl (C=O) groups is 3. The minimum Gasteiger partial charge on any atom is -0.353 e. The van der Waals surface area contributed by atoms with Gasteiger partial charge in [0.05, 0.1) is 6.42 Å². The summed E-state index contributed by atoms with van der Waals surface area (Å²) in [5.74, 6) is -0.739. The number of benzene rings is 2. The standard InChI is InChI=1S/C28H35FN4O3/c1-2-26(34)30-15-7-6-10-25(31-27(35)20-22-8-4-3-5-9-22)28(36)33-18-16-32(17-19-33)21-23-11-13-24(29)14-12-23/h2-5,8-9,11-14,25H,1,6-7,10,15-21H2,(H,30,34)(H,31,35)/t25-/m0/s1. The Morgan fingerprint density at radius 2 is 1.64 bits per heavy atom. The van der Waals surface area contributed by atoms with E-state index in [1.165, 1.54) is 18.2 Å². The number of carbonyl (C=O) groups excluding carboxylic acids is 3. The van der Waals surface area contributed by atoms with Crippen LogP contribution in [0.25, 0.3) is 0 Å². The molecule has 0 spiro atoms. The van der Waals surface area contributed by atoms with Gasteiger partial charge >= 0.3 is 0 Å². The van der Waals surface area contributed by atoms with E-state index in [2.05, 4.69) is 22.1 Å². The molecule has 1 atom stereocenters. The molecule has 1 aliphatic rings. The summed E-state index contributed by atoms with van der Waals surface area (Å²) in [7, 11) is 0. The van der Waals surface area contributed by atoms with Crippen LogP contribution in [0.5, 0.6) is 0 Å². The molecule has 0 saturated carbocycles. The van der Waals surface area contributed by atoms with Gasteiger partial charge in [-0.15, -0.1) is 0 Å². The zero-order valence-electron chi connectivity index (χ0n) is 20.6. The average Bonchev–Trinajstić information content (AvgIpc) is 2.89. The van der Waals surface area contributed by atoms with E-state index < -0.39 is 6.04 Å². The minimum atomic E-state index is -0.611. The molecule has 2 aromatic carbocycles. The van der Waals surface area contributed by atoms with Gasteiger partial charge in [-0.25, -0.2) is 4.39 Å². The van der Waals surface area contributed by atoms with E-state index in [1.807, 2.05) is 35.2 Å². The van der Waals surface area contributed by atoms with Crippen molar-refractivity contribution in [2.45, 2.75) is 38.3 Å². The summed E-state index contributed by atoms with van der Waals surface area (Å²) in [5, 5.41) is 5.68. The number of nitrogens with zero attached hydrogens (tertiary/aromatic N) is 2. The fraction of sp³-hybridized carbons (Fsp3) is 0.393. The van der Waals surface area contributed by atoms with E-state index in [0.29, 0.717) is 58.5 Å². The molecule has 0 aliphatic carbocycles. The van der Waals surface area contributed by atoms with Gasteiger partial charge in [0, 0.05) is 39.3 Å². The maximum absolute atomic E-state index is 13.4. The van der Waals surface area contributed by atoms with Crippen LogP contribution >= 0.6 is 0 Å². The third-order valence-corrected chi connectivity index (χ3v) is 6.25. The van der Waals surface area contributed by atoms with Gasteiger partial charge in [-0.2, -0.15) is 0 Å². The molecular weight excluding hydrogens is 459 g/mol. The highest BCUT2D eigenvalue weighted by Gasteiger charge is 2.28. The zero-order chi connectivity index (χ0) is 25.8. The summed E-state index contributed by atoms with van der Waals surface area (Å²) in [6, 6.07) is 15.3. The Hall–Kier alpha value is -3.52. The third kappa shape index (κ3) is 8.92. The molecule has 2 aromatic rings. The van der Waals surface area contributed by atoms with Gasteiger partial charge in [0.15, 0.2) is 0 Å². The second kappa shape index (κ2) is 14.1. The first-order valence-corrected chi connectivity index (χ1v) is 12.4. The Bertz CT molecular complexity index is 1010. The van der Waals surface area contributed by atoms with E-state index in [1.54, 1.807) is 12.1 Å². The fourth-order valence-electron chi connectivity index (χ4n) is 4.24. The SMILES string of the molecule is C=CC(=O)NCCCC[C@H](NC(=O)Cc1ccccc1)C(=O)N1CCN(Cc2ccc(F)cc2)CC1. The maximum atomic E-state index is 13.4. The van der Waals surface area contributed by atoms with E-state index in [0.717, 1.165) is 11.1 Å². The summed E-state index contributed by atoms with van der Waals surface area (Å²) in [4.78, 5) is 41.5. The summed E-state index contributed by atoms with van der Waals surface area (Å²) in [6.07, 6.45) is 3.32. The lowest BCUT2D eigenvalue weighted by molar-refractivity contribution is -0.138. The largest absolute Gasteiger partial charge is 0.353 e. The van der Waals surface area contributed by atoms with E-state index in [-0.39, 0.29) is 30.0 Å². The Morgan fingerprint density at radius 3 is 2.31 bits per heavy atom. The highest BCUT2D eigenvalue weighted by Crippen LogP contribution is 2.13. The number of rotatable bonds is 12. The number of halogens is 1. The molecule has 1 fully saturated rings. The Kier molecular flexibility index (Phi) is 10.6. The Morgan fingerprint density at radius 1 is 0.944 bits per heavy atom. The van der Waals surface area contributed by atoms with Crippen LogP contribution in [0.3, 0.4) is 0 Å². The van der Waals surface area contributed by atoms with Gasteiger partial charge in [0.1, 0.15) is 11.9 Å².